The lowest BCUT2D eigenvalue weighted by Crippen LogP contribution is -2.26. The first-order valence-corrected chi connectivity index (χ1v) is 10.5. The van der Waals surface area contributed by atoms with E-state index in [1.807, 2.05) is 0 Å². The van der Waals surface area contributed by atoms with Gasteiger partial charge >= 0.3 is 5.97 Å². The molecule has 0 spiro atoms. The van der Waals surface area contributed by atoms with Crippen molar-refractivity contribution in [2.45, 2.75) is 25.4 Å². The Labute approximate surface area is 205 Å². The Morgan fingerprint density at radius 1 is 1.31 bits per heavy atom. The summed E-state index contributed by atoms with van der Waals surface area (Å²) in [4.78, 5) is 45.7. The number of carboxylic acids is 1. The molecular formula is C22H22ClN7O5. The molecule has 2 aliphatic rings. The van der Waals surface area contributed by atoms with E-state index in [1.54, 1.807) is 18.2 Å². The van der Waals surface area contributed by atoms with Crippen molar-refractivity contribution in [3.05, 3.63) is 47.5 Å². The van der Waals surface area contributed by atoms with Crippen LogP contribution >= 0.6 is 12.4 Å². The number of hydrogen-bond donors (Lipinski definition) is 5. The zero-order valence-corrected chi connectivity index (χ0v) is 19.1. The molecule has 0 aliphatic carbocycles. The Balaban J connectivity index is 0.000000370. The minimum Gasteiger partial charge on any atom is -0.482 e. The molecule has 3 aromatic rings. The molecule has 5 rings (SSSR count). The Morgan fingerprint density at radius 2 is 2.14 bits per heavy atom. The molecule has 1 saturated heterocycles. The number of aromatic nitrogens is 3. The van der Waals surface area contributed by atoms with Crippen molar-refractivity contribution in [1.82, 2.24) is 25.6 Å². The van der Waals surface area contributed by atoms with Gasteiger partial charge < -0.3 is 30.8 Å². The molecule has 35 heavy (non-hydrogen) atoms. The third kappa shape index (κ3) is 5.84. The lowest BCUT2D eigenvalue weighted by atomic mass is 10.1. The van der Waals surface area contributed by atoms with E-state index >= 15 is 0 Å². The van der Waals surface area contributed by atoms with E-state index in [9.17, 15) is 14.4 Å². The van der Waals surface area contributed by atoms with Crippen molar-refractivity contribution < 1.29 is 24.2 Å². The van der Waals surface area contributed by atoms with E-state index in [1.165, 1.54) is 6.20 Å². The second-order valence-corrected chi connectivity index (χ2v) is 7.58. The lowest BCUT2D eigenvalue weighted by Gasteiger charge is -2.18. The summed E-state index contributed by atoms with van der Waals surface area (Å²) in [5, 5.41) is 25.9. The molecule has 12 nitrogen and oxygen atoms in total. The van der Waals surface area contributed by atoms with Gasteiger partial charge in [-0.2, -0.15) is 5.26 Å². The van der Waals surface area contributed by atoms with Gasteiger partial charge in [0.2, 0.25) is 0 Å². The van der Waals surface area contributed by atoms with E-state index in [0.717, 1.165) is 31.3 Å². The Hall–Kier alpha value is -4.21. The number of anilines is 1. The molecule has 2 aliphatic heterocycles. The maximum absolute atomic E-state index is 12.5. The number of rotatable bonds is 4. The first kappa shape index (κ1) is 25.4. The lowest BCUT2D eigenvalue weighted by molar-refractivity contribution is -0.118. The minimum atomic E-state index is -1.15. The number of H-pyrrole nitrogens is 1. The molecule has 13 heteroatoms. The van der Waals surface area contributed by atoms with Gasteiger partial charge in [0.15, 0.2) is 12.3 Å². The first-order valence-electron chi connectivity index (χ1n) is 10.5. The predicted molar refractivity (Wildman–Crippen MR) is 126 cm³/mol. The van der Waals surface area contributed by atoms with Crippen molar-refractivity contribution in [1.29, 1.82) is 5.26 Å². The summed E-state index contributed by atoms with van der Waals surface area (Å²) in [6, 6.07) is 7.49. The quantitative estimate of drug-likeness (QED) is 0.356. The highest BCUT2D eigenvalue weighted by atomic mass is 35.5. The fourth-order valence-electron chi connectivity index (χ4n) is 3.58. The van der Waals surface area contributed by atoms with Crippen LogP contribution in [0.4, 0.5) is 5.69 Å². The molecule has 0 saturated carbocycles. The molecule has 2 aromatic heterocycles. The summed E-state index contributed by atoms with van der Waals surface area (Å²) in [6.45, 7) is 1.18. The number of ether oxygens (including phenoxy) is 1. The highest BCUT2D eigenvalue weighted by Gasteiger charge is 2.20. The summed E-state index contributed by atoms with van der Waals surface area (Å²) in [5.41, 5.74) is 1.71. The number of benzene rings is 1. The van der Waals surface area contributed by atoms with Gasteiger partial charge in [0.25, 0.3) is 11.8 Å². The van der Waals surface area contributed by atoms with Gasteiger partial charge in [-0.25, -0.2) is 14.8 Å². The first-order chi connectivity index (χ1) is 16.5. The summed E-state index contributed by atoms with van der Waals surface area (Å²) >= 11 is 0. The fraction of sp³-hybridized carbons (Fsp3) is 0.273. The highest BCUT2D eigenvalue weighted by molar-refractivity contribution is 6.08. The van der Waals surface area contributed by atoms with Crippen molar-refractivity contribution in [3.63, 3.8) is 0 Å². The minimum absolute atomic E-state index is 0. The van der Waals surface area contributed by atoms with Crippen molar-refractivity contribution in [2.75, 3.05) is 18.5 Å². The van der Waals surface area contributed by atoms with Gasteiger partial charge in [-0.15, -0.1) is 12.4 Å². The zero-order valence-electron chi connectivity index (χ0n) is 18.3. The molecule has 0 radical (unpaired) electrons. The number of nitrogens with one attached hydrogen (secondary N) is 4. The number of fused-ring (bicyclic) bond motifs is 2. The fourth-order valence-corrected chi connectivity index (χ4v) is 3.58. The number of hydrogen-bond acceptors (Lipinski definition) is 8. The molecule has 1 aromatic carbocycles. The SMILES string of the molecule is Cl.N#C[C@@H]1CCCN1.O=C1COc2ccc(CNC(=O)c3ncnc4c(C(=O)O)c[nH]c34)cc2N1. The predicted octanol–water partition coefficient (Wildman–Crippen LogP) is 1.60. The maximum atomic E-state index is 12.5. The third-order valence-electron chi connectivity index (χ3n) is 5.25. The van der Waals surface area contributed by atoms with Crippen LogP contribution in [0.3, 0.4) is 0 Å². The van der Waals surface area contributed by atoms with Gasteiger partial charge in [-0.3, -0.25) is 9.59 Å². The monoisotopic (exact) mass is 499 g/mol. The molecule has 1 fully saturated rings. The molecule has 2 amide bonds. The number of halogens is 1. The van der Waals surface area contributed by atoms with E-state index in [0.29, 0.717) is 11.4 Å². The number of carbonyl (C=O) groups is 3. The second-order valence-electron chi connectivity index (χ2n) is 7.58. The number of nitriles is 1. The zero-order chi connectivity index (χ0) is 24.1. The van der Waals surface area contributed by atoms with Gasteiger partial charge in [0.05, 0.1) is 23.3 Å². The summed E-state index contributed by atoms with van der Waals surface area (Å²) in [7, 11) is 0. The molecule has 0 bridgehead atoms. The van der Waals surface area contributed by atoms with Crippen molar-refractivity contribution in [3.8, 4) is 11.8 Å². The summed E-state index contributed by atoms with van der Waals surface area (Å²) in [6.07, 6.45) is 4.61. The van der Waals surface area contributed by atoms with Crippen LogP contribution in [0.2, 0.25) is 0 Å². The van der Waals surface area contributed by atoms with Crippen molar-refractivity contribution >= 4 is 46.9 Å². The van der Waals surface area contributed by atoms with Crippen LogP contribution in [0.15, 0.2) is 30.7 Å². The number of nitrogens with zero attached hydrogens (tertiary/aromatic N) is 3. The topological polar surface area (TPSA) is 182 Å². The van der Waals surface area contributed by atoms with E-state index < -0.39 is 11.9 Å². The number of aromatic carboxylic acids is 1. The van der Waals surface area contributed by atoms with Crippen LogP contribution in [-0.2, 0) is 11.3 Å². The van der Waals surface area contributed by atoms with Gasteiger partial charge in [-0.05, 0) is 37.1 Å². The van der Waals surface area contributed by atoms with Crippen LogP contribution < -0.4 is 20.7 Å². The van der Waals surface area contributed by atoms with E-state index in [-0.39, 0.29) is 59.8 Å². The van der Waals surface area contributed by atoms with E-state index in [2.05, 4.69) is 37.0 Å². The summed E-state index contributed by atoms with van der Waals surface area (Å²) < 4.78 is 5.29. The molecule has 182 valence electrons. The Bertz CT molecular complexity index is 1300. The average Bonchev–Trinajstić information content (AvgIpc) is 3.52. The van der Waals surface area contributed by atoms with Crippen LogP contribution in [0.5, 0.6) is 5.75 Å². The molecule has 5 N–H and O–H groups in total. The van der Waals surface area contributed by atoms with Crippen LogP contribution in [-0.4, -0.2) is 57.0 Å². The third-order valence-corrected chi connectivity index (χ3v) is 5.25. The van der Waals surface area contributed by atoms with Crippen LogP contribution in [0, 0.1) is 11.3 Å². The number of amides is 2. The van der Waals surface area contributed by atoms with Gasteiger partial charge in [0.1, 0.15) is 23.2 Å². The van der Waals surface area contributed by atoms with Crippen LogP contribution in [0.1, 0.15) is 39.3 Å². The maximum Gasteiger partial charge on any atom is 0.339 e. The normalized spacial score (nSPS) is 15.9. The van der Waals surface area contributed by atoms with Crippen molar-refractivity contribution in [2.24, 2.45) is 0 Å². The Kier molecular flexibility index (Phi) is 8.19. The largest absolute Gasteiger partial charge is 0.482 e. The number of carboxylic acid groups (broad SMARTS) is 1. The Morgan fingerprint density at radius 3 is 2.83 bits per heavy atom. The number of carbonyl (C=O) groups excluding carboxylic acids is 2. The standard InChI is InChI=1S/C17H13N5O5.C5H8N2.ClH/c23-12-6-27-11-2-1-8(3-10(11)22-12)4-19-16(24)15-14-13(20-7-21-15)9(5-18-14)17(25)26;6-4-5-2-1-3-7-5;/h1-3,5,7,18H,4,6H2,(H,19,24)(H,22,23)(H,25,26);5,7H,1-3H2;1H/t;5-;/m.0./s1. The van der Waals surface area contributed by atoms with E-state index in [4.69, 9.17) is 15.1 Å². The molecule has 0 unspecified atom stereocenters. The number of aromatic amines is 1. The molecular weight excluding hydrogens is 478 g/mol. The second kappa shape index (κ2) is 11.3. The van der Waals surface area contributed by atoms with Gasteiger partial charge in [-0.1, -0.05) is 6.07 Å². The van der Waals surface area contributed by atoms with Gasteiger partial charge in [0, 0.05) is 12.7 Å². The molecule has 4 heterocycles. The summed E-state index contributed by atoms with van der Waals surface area (Å²) in [5.74, 6) is -1.31. The highest BCUT2D eigenvalue weighted by Crippen LogP contribution is 2.28. The average molecular weight is 500 g/mol. The smallest absolute Gasteiger partial charge is 0.339 e. The van der Waals surface area contributed by atoms with Crippen LogP contribution in [0.25, 0.3) is 11.0 Å². The molecule has 1 atom stereocenters.